The van der Waals surface area contributed by atoms with Crippen LogP contribution in [-0.2, 0) is 11.3 Å². The van der Waals surface area contributed by atoms with E-state index in [1.165, 1.54) is 25.7 Å². The van der Waals surface area contributed by atoms with E-state index in [1.807, 2.05) is 0 Å². The average Bonchev–Trinajstić information content (AvgIpc) is 2.95. The van der Waals surface area contributed by atoms with Crippen molar-refractivity contribution in [2.24, 2.45) is 0 Å². The summed E-state index contributed by atoms with van der Waals surface area (Å²) in [4.78, 5) is 11.8. The van der Waals surface area contributed by atoms with Gasteiger partial charge >= 0.3 is 0 Å². The number of unbranched alkanes of at least 4 members (excludes halogenated alkanes) is 4. The molecule has 1 aromatic rings. The maximum Gasteiger partial charge on any atom is 0.273 e. The number of nitrogens with zero attached hydrogens (tertiary/aromatic N) is 3. The Morgan fingerprint density at radius 3 is 2.90 bits per heavy atom. The highest BCUT2D eigenvalue weighted by Crippen LogP contribution is 2.04. The number of aliphatic hydroxyl groups excluding tert-OH is 1. The Balaban J connectivity index is 2.19. The molecule has 0 aliphatic carbocycles. The quantitative estimate of drug-likeness (QED) is 0.562. The number of aliphatic hydroxyl groups is 1. The highest BCUT2D eigenvalue weighted by Gasteiger charge is 2.09. The molecule has 0 fully saturated rings. The smallest absolute Gasteiger partial charge is 0.273 e. The number of hydrogen-bond acceptors (Lipinski definition) is 5. The molecule has 1 amide bonds. The lowest BCUT2D eigenvalue weighted by atomic mass is 10.1. The first-order valence-electron chi connectivity index (χ1n) is 7.65. The lowest BCUT2D eigenvalue weighted by Gasteiger charge is -2.03. The van der Waals surface area contributed by atoms with Crippen LogP contribution in [0.15, 0.2) is 6.20 Å². The molecule has 0 aromatic carbocycles. The summed E-state index contributed by atoms with van der Waals surface area (Å²) in [7, 11) is 0. The van der Waals surface area contributed by atoms with E-state index in [4.69, 9.17) is 9.84 Å². The summed E-state index contributed by atoms with van der Waals surface area (Å²) in [6.45, 7) is 4.02. The molecule has 0 unspecified atom stereocenters. The van der Waals surface area contributed by atoms with E-state index in [1.54, 1.807) is 10.9 Å². The minimum atomic E-state index is -0.250. The van der Waals surface area contributed by atoms with Gasteiger partial charge < -0.3 is 15.2 Å². The van der Waals surface area contributed by atoms with Crippen molar-refractivity contribution in [3.8, 4) is 0 Å². The second kappa shape index (κ2) is 11.2. The molecule has 120 valence electrons. The van der Waals surface area contributed by atoms with Gasteiger partial charge in [0.25, 0.3) is 5.91 Å². The number of carbonyl (C=O) groups is 1. The molecule has 1 rings (SSSR count). The van der Waals surface area contributed by atoms with E-state index in [9.17, 15) is 4.79 Å². The fourth-order valence-electron chi connectivity index (χ4n) is 1.88. The van der Waals surface area contributed by atoms with Gasteiger partial charge in [0.1, 0.15) is 0 Å². The summed E-state index contributed by atoms with van der Waals surface area (Å²) in [6.07, 6.45) is 7.64. The third kappa shape index (κ3) is 7.77. The summed E-state index contributed by atoms with van der Waals surface area (Å²) in [5.74, 6) is -0.250. The van der Waals surface area contributed by atoms with Crippen molar-refractivity contribution in [2.45, 2.75) is 45.6 Å². The average molecular weight is 298 g/mol. The van der Waals surface area contributed by atoms with Crippen LogP contribution in [0.3, 0.4) is 0 Å². The van der Waals surface area contributed by atoms with Crippen LogP contribution in [0.4, 0.5) is 0 Å². The lowest BCUT2D eigenvalue weighted by Crippen LogP contribution is -2.27. The molecule has 7 nitrogen and oxygen atoms in total. The molecular formula is C14H26N4O3. The normalized spacial score (nSPS) is 10.8. The van der Waals surface area contributed by atoms with Crippen LogP contribution in [0.25, 0.3) is 0 Å². The molecule has 0 spiro atoms. The summed E-state index contributed by atoms with van der Waals surface area (Å²) in [5, 5.41) is 19.1. The number of nitrogens with one attached hydrogen (secondary N) is 1. The zero-order chi connectivity index (χ0) is 15.3. The second-order valence-corrected chi connectivity index (χ2v) is 4.87. The Morgan fingerprint density at radius 2 is 2.14 bits per heavy atom. The van der Waals surface area contributed by atoms with Crippen LogP contribution in [0.1, 0.15) is 49.5 Å². The maximum absolute atomic E-state index is 11.8. The predicted molar refractivity (Wildman–Crippen MR) is 79.0 cm³/mol. The van der Waals surface area contributed by atoms with Crippen LogP contribution in [0.5, 0.6) is 0 Å². The molecule has 7 heteroatoms. The van der Waals surface area contributed by atoms with Crippen molar-refractivity contribution in [1.29, 1.82) is 0 Å². The molecular weight excluding hydrogens is 272 g/mol. The minimum absolute atomic E-state index is 0.0134. The predicted octanol–water partition coefficient (Wildman–Crippen LogP) is 0.987. The van der Waals surface area contributed by atoms with Crippen molar-refractivity contribution in [3.05, 3.63) is 11.9 Å². The molecule has 2 N–H and O–H groups in total. The Bertz CT molecular complexity index is 395. The van der Waals surface area contributed by atoms with E-state index in [2.05, 4.69) is 22.6 Å². The van der Waals surface area contributed by atoms with Gasteiger partial charge in [0.05, 0.1) is 26.0 Å². The van der Waals surface area contributed by atoms with Crippen LogP contribution < -0.4 is 5.32 Å². The monoisotopic (exact) mass is 298 g/mol. The topological polar surface area (TPSA) is 89.3 Å². The van der Waals surface area contributed by atoms with Gasteiger partial charge in [0, 0.05) is 13.1 Å². The van der Waals surface area contributed by atoms with Crippen LogP contribution in [0, 0.1) is 0 Å². The number of hydrogen-bond donors (Lipinski definition) is 2. The standard InChI is InChI=1S/C14H26N4O3/c1-2-3-4-5-6-8-18-12-13(16-17-18)14(20)15-7-10-21-11-9-19/h12,19H,2-11H2,1H3,(H,15,20). The largest absolute Gasteiger partial charge is 0.394 e. The number of rotatable bonds is 12. The van der Waals surface area contributed by atoms with Crippen molar-refractivity contribution in [3.63, 3.8) is 0 Å². The first kappa shape index (κ1) is 17.6. The zero-order valence-electron chi connectivity index (χ0n) is 12.8. The van der Waals surface area contributed by atoms with Crippen molar-refractivity contribution < 1.29 is 14.6 Å². The fraction of sp³-hybridized carbons (Fsp3) is 0.786. The van der Waals surface area contributed by atoms with E-state index in [0.29, 0.717) is 18.8 Å². The molecule has 21 heavy (non-hydrogen) atoms. The zero-order valence-corrected chi connectivity index (χ0v) is 12.8. The van der Waals surface area contributed by atoms with Crippen molar-refractivity contribution in [1.82, 2.24) is 20.3 Å². The SMILES string of the molecule is CCCCCCCn1cc(C(=O)NCCOCCO)nn1. The van der Waals surface area contributed by atoms with E-state index < -0.39 is 0 Å². The third-order valence-corrected chi connectivity index (χ3v) is 3.03. The molecule has 1 aromatic heterocycles. The first-order chi connectivity index (χ1) is 10.3. The first-order valence-corrected chi connectivity index (χ1v) is 7.65. The Labute approximate surface area is 125 Å². The van der Waals surface area contributed by atoms with Gasteiger partial charge in [-0.15, -0.1) is 5.10 Å². The number of ether oxygens (including phenoxy) is 1. The molecule has 0 aliphatic heterocycles. The molecule has 0 bridgehead atoms. The minimum Gasteiger partial charge on any atom is -0.394 e. The van der Waals surface area contributed by atoms with Crippen LogP contribution >= 0.6 is 0 Å². The molecule has 0 radical (unpaired) electrons. The van der Waals surface area contributed by atoms with E-state index in [-0.39, 0.29) is 19.1 Å². The molecule has 0 atom stereocenters. The van der Waals surface area contributed by atoms with E-state index >= 15 is 0 Å². The van der Waals surface area contributed by atoms with E-state index in [0.717, 1.165) is 13.0 Å². The fourth-order valence-corrected chi connectivity index (χ4v) is 1.88. The molecule has 0 saturated heterocycles. The van der Waals surface area contributed by atoms with Gasteiger partial charge in [-0.1, -0.05) is 37.8 Å². The number of carbonyl (C=O) groups excluding carboxylic acids is 1. The summed E-state index contributed by atoms with van der Waals surface area (Å²) in [6, 6.07) is 0. The van der Waals surface area contributed by atoms with Gasteiger partial charge in [-0.25, -0.2) is 0 Å². The summed E-state index contributed by atoms with van der Waals surface area (Å²) >= 11 is 0. The third-order valence-electron chi connectivity index (χ3n) is 3.03. The second-order valence-electron chi connectivity index (χ2n) is 4.87. The van der Waals surface area contributed by atoms with Crippen molar-refractivity contribution >= 4 is 5.91 Å². The Kier molecular flexibility index (Phi) is 9.39. The number of aromatic nitrogens is 3. The van der Waals surface area contributed by atoms with Gasteiger partial charge in [-0.3, -0.25) is 9.48 Å². The Morgan fingerprint density at radius 1 is 1.33 bits per heavy atom. The lowest BCUT2D eigenvalue weighted by molar-refractivity contribution is 0.0835. The maximum atomic E-state index is 11.8. The summed E-state index contributed by atoms with van der Waals surface area (Å²) in [5.41, 5.74) is 0.325. The molecule has 1 heterocycles. The van der Waals surface area contributed by atoms with Gasteiger partial charge in [0.2, 0.25) is 0 Å². The Hall–Kier alpha value is -1.47. The summed E-state index contributed by atoms with van der Waals surface area (Å²) < 4.78 is 6.77. The van der Waals surface area contributed by atoms with Crippen LogP contribution in [0.2, 0.25) is 0 Å². The highest BCUT2D eigenvalue weighted by atomic mass is 16.5. The molecule has 0 aliphatic rings. The molecule has 0 saturated carbocycles. The highest BCUT2D eigenvalue weighted by molar-refractivity contribution is 5.91. The van der Waals surface area contributed by atoms with Crippen molar-refractivity contribution in [2.75, 3.05) is 26.4 Å². The van der Waals surface area contributed by atoms with Crippen LogP contribution in [-0.4, -0.2) is 52.4 Å². The van der Waals surface area contributed by atoms with Gasteiger partial charge in [-0.2, -0.15) is 0 Å². The number of amides is 1. The van der Waals surface area contributed by atoms with Gasteiger partial charge in [-0.05, 0) is 6.42 Å². The number of aryl methyl sites for hydroxylation is 1. The van der Waals surface area contributed by atoms with Gasteiger partial charge in [0.15, 0.2) is 5.69 Å².